The molecule has 4 rings (SSSR count). The highest BCUT2D eigenvalue weighted by atomic mass is 16.5. The Balaban J connectivity index is 1.41. The van der Waals surface area contributed by atoms with Crippen molar-refractivity contribution in [1.29, 1.82) is 0 Å². The van der Waals surface area contributed by atoms with Crippen LogP contribution in [0.3, 0.4) is 0 Å². The van der Waals surface area contributed by atoms with Crippen molar-refractivity contribution in [3.63, 3.8) is 0 Å². The quantitative estimate of drug-likeness (QED) is 0.727. The lowest BCUT2D eigenvalue weighted by Crippen LogP contribution is -2.68. The Morgan fingerprint density at radius 1 is 1.20 bits per heavy atom. The number of nitrogens with one attached hydrogen (secondary N) is 2. The first-order chi connectivity index (χ1) is 14.6. The largest absolute Gasteiger partial charge is 0.497 e. The van der Waals surface area contributed by atoms with Crippen molar-refractivity contribution in [3.8, 4) is 11.5 Å². The normalized spacial score (nSPS) is 28.6. The summed E-state index contributed by atoms with van der Waals surface area (Å²) in [6.07, 6.45) is 3.33. The molecule has 0 spiro atoms. The zero-order valence-electron chi connectivity index (χ0n) is 18.0. The van der Waals surface area contributed by atoms with Gasteiger partial charge in [0.25, 0.3) is 0 Å². The molecule has 0 bridgehead atoms. The Hall–Kier alpha value is -2.32. The number of carbonyl (C=O) groups excluding carboxylic acids is 2. The summed E-state index contributed by atoms with van der Waals surface area (Å²) in [5.41, 5.74) is 4.32. The molecule has 2 saturated heterocycles. The number of hydrogen-bond acceptors (Lipinski definition) is 6. The third kappa shape index (κ3) is 3.74. The van der Waals surface area contributed by atoms with E-state index in [0.29, 0.717) is 31.3 Å². The smallest absolute Gasteiger partial charge is 0.241 e. The molecule has 2 amide bonds. The maximum absolute atomic E-state index is 13.0. The molecule has 3 aliphatic rings. The molecule has 2 heterocycles. The maximum Gasteiger partial charge on any atom is 0.241 e. The van der Waals surface area contributed by atoms with E-state index in [1.165, 1.54) is 0 Å². The van der Waals surface area contributed by atoms with Crippen LogP contribution in [0.25, 0.3) is 0 Å². The molecule has 1 aromatic carbocycles. The summed E-state index contributed by atoms with van der Waals surface area (Å²) in [5, 5.41) is 5.25. The van der Waals surface area contributed by atoms with Gasteiger partial charge >= 0.3 is 0 Å². The first-order valence-corrected chi connectivity index (χ1v) is 10.9. The fourth-order valence-electron chi connectivity index (χ4n) is 5.27. The summed E-state index contributed by atoms with van der Waals surface area (Å²) in [6.45, 7) is 3.99. The number of hydrazine groups is 1. The van der Waals surface area contributed by atoms with Crippen molar-refractivity contribution in [3.05, 3.63) is 23.8 Å². The molecule has 2 N–H and O–H groups in total. The molecule has 1 aromatic rings. The third-order valence-corrected chi connectivity index (χ3v) is 6.81. The van der Waals surface area contributed by atoms with Gasteiger partial charge in [0.2, 0.25) is 11.8 Å². The van der Waals surface area contributed by atoms with Crippen LogP contribution in [0.2, 0.25) is 0 Å². The van der Waals surface area contributed by atoms with Crippen molar-refractivity contribution in [2.45, 2.75) is 57.3 Å². The number of methoxy groups -OCH3 is 2. The number of piperazine rings is 1. The number of hydrogen-bond donors (Lipinski definition) is 2. The van der Waals surface area contributed by atoms with E-state index in [-0.39, 0.29) is 29.8 Å². The first kappa shape index (κ1) is 20.9. The van der Waals surface area contributed by atoms with E-state index in [9.17, 15) is 9.59 Å². The molecule has 0 radical (unpaired) electrons. The predicted octanol–water partition coefficient (Wildman–Crippen LogP) is 1.30. The zero-order chi connectivity index (χ0) is 21.3. The Bertz CT molecular complexity index is 801. The summed E-state index contributed by atoms with van der Waals surface area (Å²) in [6, 6.07) is 5.93. The number of benzene rings is 1. The van der Waals surface area contributed by atoms with Gasteiger partial charge in [-0.25, -0.2) is 5.01 Å². The average molecular weight is 417 g/mol. The van der Waals surface area contributed by atoms with Crippen LogP contribution in [0.4, 0.5) is 0 Å². The van der Waals surface area contributed by atoms with Crippen LogP contribution in [-0.2, 0) is 16.1 Å². The van der Waals surface area contributed by atoms with Gasteiger partial charge in [-0.2, -0.15) is 0 Å². The van der Waals surface area contributed by atoms with Gasteiger partial charge in [0.15, 0.2) is 0 Å². The van der Waals surface area contributed by atoms with Crippen molar-refractivity contribution in [1.82, 2.24) is 20.7 Å². The summed E-state index contributed by atoms with van der Waals surface area (Å²) in [5.74, 6) is 1.57. The number of nitrogens with zero attached hydrogens (tertiary/aromatic N) is 2. The van der Waals surface area contributed by atoms with Gasteiger partial charge < -0.3 is 19.7 Å². The predicted molar refractivity (Wildman–Crippen MR) is 112 cm³/mol. The van der Waals surface area contributed by atoms with Crippen LogP contribution < -0.4 is 20.2 Å². The summed E-state index contributed by atoms with van der Waals surface area (Å²) in [4.78, 5) is 27.9. The lowest BCUT2D eigenvalue weighted by molar-refractivity contribution is -0.155. The Kier molecular flexibility index (Phi) is 6.15. The number of likely N-dealkylation sites (N-methyl/N-ethyl adjacent to an activating group) is 1. The SMILES string of the molecule is CCN1C(=O)C2CCNN2C2CCC(C(=O)NCc3ccc(OC)cc3OC)CC21. The minimum atomic E-state index is -0.0866. The van der Waals surface area contributed by atoms with Gasteiger partial charge in [-0.3, -0.25) is 15.0 Å². The Labute approximate surface area is 177 Å². The van der Waals surface area contributed by atoms with Crippen molar-refractivity contribution >= 4 is 11.8 Å². The van der Waals surface area contributed by atoms with Crippen LogP contribution in [0.15, 0.2) is 18.2 Å². The van der Waals surface area contributed by atoms with E-state index in [2.05, 4.69) is 15.8 Å². The van der Waals surface area contributed by atoms with Gasteiger partial charge in [-0.1, -0.05) is 0 Å². The lowest BCUT2D eigenvalue weighted by atomic mass is 9.78. The number of ether oxygens (including phenoxy) is 2. The van der Waals surface area contributed by atoms with Crippen molar-refractivity contribution in [2.24, 2.45) is 5.92 Å². The molecule has 164 valence electrons. The van der Waals surface area contributed by atoms with Crippen LogP contribution in [-0.4, -0.2) is 67.2 Å². The van der Waals surface area contributed by atoms with E-state index in [4.69, 9.17) is 9.47 Å². The van der Waals surface area contributed by atoms with E-state index in [1.807, 2.05) is 30.0 Å². The van der Waals surface area contributed by atoms with Gasteiger partial charge in [-0.05, 0) is 44.7 Å². The van der Waals surface area contributed by atoms with Crippen LogP contribution in [0, 0.1) is 5.92 Å². The number of rotatable bonds is 6. The zero-order valence-corrected chi connectivity index (χ0v) is 18.0. The Morgan fingerprint density at radius 2 is 2.03 bits per heavy atom. The molecule has 4 atom stereocenters. The summed E-state index contributed by atoms with van der Waals surface area (Å²) >= 11 is 0. The van der Waals surface area contributed by atoms with Crippen LogP contribution >= 0.6 is 0 Å². The molecule has 1 saturated carbocycles. The number of fused-ring (bicyclic) bond motifs is 3. The van der Waals surface area contributed by atoms with Gasteiger partial charge in [0, 0.05) is 49.3 Å². The highest BCUT2D eigenvalue weighted by Crippen LogP contribution is 2.37. The molecule has 4 unspecified atom stereocenters. The highest BCUT2D eigenvalue weighted by molar-refractivity contribution is 5.84. The van der Waals surface area contributed by atoms with Gasteiger partial charge in [0.1, 0.15) is 17.5 Å². The summed E-state index contributed by atoms with van der Waals surface area (Å²) < 4.78 is 10.7. The molecule has 8 nitrogen and oxygen atoms in total. The van der Waals surface area contributed by atoms with Crippen molar-refractivity contribution < 1.29 is 19.1 Å². The number of carbonyl (C=O) groups is 2. The molecular weight excluding hydrogens is 384 g/mol. The minimum Gasteiger partial charge on any atom is -0.497 e. The minimum absolute atomic E-state index is 0.0425. The molecular formula is C22H32N4O4. The van der Waals surface area contributed by atoms with Crippen LogP contribution in [0.1, 0.15) is 38.2 Å². The Morgan fingerprint density at radius 3 is 2.77 bits per heavy atom. The van der Waals surface area contributed by atoms with Gasteiger partial charge in [0.05, 0.1) is 14.2 Å². The van der Waals surface area contributed by atoms with Crippen molar-refractivity contribution in [2.75, 3.05) is 27.3 Å². The topological polar surface area (TPSA) is 83.1 Å². The monoisotopic (exact) mass is 416 g/mol. The second kappa shape index (κ2) is 8.81. The molecule has 0 aromatic heterocycles. The third-order valence-electron chi connectivity index (χ3n) is 6.81. The molecule has 30 heavy (non-hydrogen) atoms. The maximum atomic E-state index is 13.0. The van der Waals surface area contributed by atoms with E-state index < -0.39 is 0 Å². The molecule has 8 heteroatoms. The fraction of sp³-hybridized carbons (Fsp3) is 0.636. The fourth-order valence-corrected chi connectivity index (χ4v) is 5.27. The second-order valence-electron chi connectivity index (χ2n) is 8.28. The second-order valence-corrected chi connectivity index (χ2v) is 8.28. The highest BCUT2D eigenvalue weighted by Gasteiger charge is 2.50. The van der Waals surface area contributed by atoms with E-state index >= 15 is 0 Å². The standard InChI is InChI=1S/C22H32N4O4/c1-4-25-19-11-14(6-8-17(19)26-18(22(25)28)9-10-24-26)21(27)23-13-15-5-7-16(29-2)12-20(15)30-3/h5,7,12,14,17-19,24H,4,6,8-11,13H2,1-3H3,(H,23,27). The summed E-state index contributed by atoms with van der Waals surface area (Å²) in [7, 11) is 3.22. The first-order valence-electron chi connectivity index (χ1n) is 10.9. The molecule has 1 aliphatic carbocycles. The number of amides is 2. The lowest BCUT2D eigenvalue weighted by Gasteiger charge is -2.51. The van der Waals surface area contributed by atoms with Crippen LogP contribution in [0.5, 0.6) is 11.5 Å². The van der Waals surface area contributed by atoms with Gasteiger partial charge in [-0.15, -0.1) is 0 Å². The average Bonchev–Trinajstić information content (AvgIpc) is 3.28. The van der Waals surface area contributed by atoms with E-state index in [1.54, 1.807) is 14.2 Å². The molecule has 3 fully saturated rings. The molecule has 2 aliphatic heterocycles. The van der Waals surface area contributed by atoms with E-state index in [0.717, 1.165) is 37.1 Å².